The lowest BCUT2D eigenvalue weighted by Gasteiger charge is -2.36. The molecule has 0 amide bonds. The molecule has 0 unspecified atom stereocenters. The number of fused-ring (bicyclic) bond motifs is 3. The Kier molecular flexibility index (Phi) is 4.29. The van der Waals surface area contributed by atoms with E-state index in [9.17, 15) is 13.2 Å². The minimum atomic E-state index is -4.17. The van der Waals surface area contributed by atoms with Crippen LogP contribution in [0.25, 0.3) is 11.1 Å². The monoisotopic (exact) mass is 346 g/mol. The van der Waals surface area contributed by atoms with Gasteiger partial charge in [-0.15, -0.1) is 0 Å². The second-order valence-electron chi connectivity index (χ2n) is 6.87. The number of halogens is 3. The summed E-state index contributed by atoms with van der Waals surface area (Å²) < 4.78 is 39.6. The predicted octanol–water partition coefficient (Wildman–Crippen LogP) is 4.16. The van der Waals surface area contributed by atoms with Crippen LogP contribution in [0.3, 0.4) is 0 Å². The molecule has 2 aromatic rings. The van der Waals surface area contributed by atoms with Crippen LogP contribution in [0.2, 0.25) is 0 Å². The van der Waals surface area contributed by atoms with Gasteiger partial charge in [0, 0.05) is 32.2 Å². The van der Waals surface area contributed by atoms with Gasteiger partial charge in [0.2, 0.25) is 0 Å². The molecule has 0 bridgehead atoms. The Hall–Kier alpha value is -1.85. The molecule has 1 aliphatic heterocycles. The van der Waals surface area contributed by atoms with Gasteiger partial charge in [0.1, 0.15) is 0 Å². The molecule has 5 heteroatoms. The lowest BCUT2D eigenvalue weighted by molar-refractivity contribution is -0.148. The summed E-state index contributed by atoms with van der Waals surface area (Å²) >= 11 is 0. The topological polar surface area (TPSA) is 15.3 Å². The molecule has 1 saturated heterocycles. The van der Waals surface area contributed by atoms with Crippen molar-refractivity contribution < 1.29 is 13.2 Å². The average molecular weight is 346 g/mol. The number of rotatable bonds is 3. The third-order valence-electron chi connectivity index (χ3n) is 5.22. The van der Waals surface area contributed by atoms with E-state index >= 15 is 0 Å². The Morgan fingerprint density at radius 1 is 0.960 bits per heavy atom. The van der Waals surface area contributed by atoms with Gasteiger partial charge in [-0.25, -0.2) is 0 Å². The number of benzene rings is 2. The standard InChI is InChI=1S/C20H21F3N2/c21-20(22,23)13-19(25-9-7-24-8-10-25)15-5-6-18-16(12-15)11-14-3-1-2-4-17(14)18/h1-6,12,19,24H,7-11,13H2/t19-/m1/s1. The van der Waals surface area contributed by atoms with E-state index in [-0.39, 0.29) is 0 Å². The summed E-state index contributed by atoms with van der Waals surface area (Å²) in [6.45, 7) is 2.78. The van der Waals surface area contributed by atoms with E-state index < -0.39 is 18.6 Å². The largest absolute Gasteiger partial charge is 0.390 e. The predicted molar refractivity (Wildman–Crippen MR) is 92.5 cm³/mol. The van der Waals surface area contributed by atoms with Gasteiger partial charge in [-0.05, 0) is 34.2 Å². The zero-order valence-electron chi connectivity index (χ0n) is 13.9. The Bertz CT molecular complexity index is 764. The van der Waals surface area contributed by atoms with E-state index in [1.807, 2.05) is 35.2 Å². The zero-order chi connectivity index (χ0) is 17.4. The molecule has 0 saturated carbocycles. The van der Waals surface area contributed by atoms with Gasteiger partial charge < -0.3 is 5.32 Å². The summed E-state index contributed by atoms with van der Waals surface area (Å²) in [7, 11) is 0. The van der Waals surface area contributed by atoms with E-state index in [2.05, 4.69) is 17.4 Å². The highest BCUT2D eigenvalue weighted by Gasteiger charge is 2.36. The highest BCUT2D eigenvalue weighted by molar-refractivity contribution is 5.77. The normalized spacial score (nSPS) is 18.7. The van der Waals surface area contributed by atoms with Crippen LogP contribution in [0.15, 0.2) is 42.5 Å². The quantitative estimate of drug-likeness (QED) is 0.766. The van der Waals surface area contributed by atoms with Gasteiger partial charge in [-0.2, -0.15) is 13.2 Å². The first-order chi connectivity index (χ1) is 12.0. The molecule has 2 aromatic carbocycles. The van der Waals surface area contributed by atoms with Crippen molar-refractivity contribution in [3.8, 4) is 11.1 Å². The lowest BCUT2D eigenvalue weighted by atomic mass is 9.96. The van der Waals surface area contributed by atoms with E-state index in [4.69, 9.17) is 0 Å². The van der Waals surface area contributed by atoms with Crippen molar-refractivity contribution in [2.75, 3.05) is 26.2 Å². The van der Waals surface area contributed by atoms with E-state index in [0.29, 0.717) is 13.1 Å². The molecule has 1 N–H and O–H groups in total. The van der Waals surface area contributed by atoms with Crippen LogP contribution in [-0.4, -0.2) is 37.3 Å². The van der Waals surface area contributed by atoms with Crippen molar-refractivity contribution in [3.63, 3.8) is 0 Å². The van der Waals surface area contributed by atoms with Crippen LogP contribution in [0, 0.1) is 0 Å². The molecular weight excluding hydrogens is 325 g/mol. The smallest absolute Gasteiger partial charge is 0.314 e. The van der Waals surface area contributed by atoms with Gasteiger partial charge in [0.25, 0.3) is 0 Å². The molecular formula is C20H21F3N2. The zero-order valence-corrected chi connectivity index (χ0v) is 13.9. The van der Waals surface area contributed by atoms with E-state index in [1.54, 1.807) is 0 Å². The number of nitrogens with one attached hydrogen (secondary N) is 1. The molecule has 1 atom stereocenters. The van der Waals surface area contributed by atoms with Crippen molar-refractivity contribution in [3.05, 3.63) is 59.2 Å². The molecule has 0 radical (unpaired) electrons. The molecule has 25 heavy (non-hydrogen) atoms. The van der Waals surface area contributed by atoms with Crippen LogP contribution < -0.4 is 5.32 Å². The maximum atomic E-state index is 13.2. The van der Waals surface area contributed by atoms with Crippen molar-refractivity contribution in [2.24, 2.45) is 0 Å². The van der Waals surface area contributed by atoms with Gasteiger partial charge >= 0.3 is 6.18 Å². The molecule has 0 spiro atoms. The fraction of sp³-hybridized carbons (Fsp3) is 0.400. The van der Waals surface area contributed by atoms with Crippen LogP contribution in [0.4, 0.5) is 13.2 Å². The summed E-state index contributed by atoms with van der Waals surface area (Å²) in [6.07, 6.45) is -4.16. The van der Waals surface area contributed by atoms with Crippen LogP contribution >= 0.6 is 0 Å². The second-order valence-corrected chi connectivity index (χ2v) is 6.87. The van der Waals surface area contributed by atoms with Gasteiger partial charge in [0.05, 0.1) is 6.42 Å². The van der Waals surface area contributed by atoms with Crippen LogP contribution in [0.1, 0.15) is 29.2 Å². The molecule has 1 aliphatic carbocycles. The first-order valence-corrected chi connectivity index (χ1v) is 8.74. The lowest BCUT2D eigenvalue weighted by Crippen LogP contribution is -2.46. The SMILES string of the molecule is FC(F)(F)C[C@H](c1ccc2c(c1)Cc1ccccc1-2)N1CCNCC1. The van der Waals surface area contributed by atoms with Crippen molar-refractivity contribution in [1.82, 2.24) is 10.2 Å². The Balaban J connectivity index is 1.67. The van der Waals surface area contributed by atoms with Gasteiger partial charge in [-0.1, -0.05) is 42.5 Å². The van der Waals surface area contributed by atoms with Gasteiger partial charge in [-0.3, -0.25) is 4.90 Å². The van der Waals surface area contributed by atoms with Crippen molar-refractivity contribution in [1.29, 1.82) is 0 Å². The maximum Gasteiger partial charge on any atom is 0.390 e. The molecule has 4 rings (SSSR count). The van der Waals surface area contributed by atoms with Crippen LogP contribution in [-0.2, 0) is 6.42 Å². The fourth-order valence-corrected chi connectivity index (χ4v) is 4.04. The Labute approximate surface area is 145 Å². The Morgan fingerprint density at radius 3 is 2.44 bits per heavy atom. The molecule has 132 valence electrons. The number of hydrogen-bond acceptors (Lipinski definition) is 2. The van der Waals surface area contributed by atoms with Crippen molar-refractivity contribution in [2.45, 2.75) is 25.1 Å². The summed E-state index contributed by atoms with van der Waals surface area (Å²) in [5.74, 6) is 0. The van der Waals surface area contributed by atoms with Crippen molar-refractivity contribution >= 4 is 0 Å². The van der Waals surface area contributed by atoms with E-state index in [1.165, 1.54) is 11.1 Å². The molecule has 1 heterocycles. The third-order valence-corrected chi connectivity index (χ3v) is 5.22. The molecule has 2 aliphatic rings. The second kappa shape index (κ2) is 6.46. The summed E-state index contributed by atoms with van der Waals surface area (Å²) in [5.41, 5.74) is 5.54. The average Bonchev–Trinajstić information content (AvgIpc) is 2.97. The Morgan fingerprint density at radius 2 is 1.68 bits per heavy atom. The minimum Gasteiger partial charge on any atom is -0.314 e. The molecule has 2 nitrogen and oxygen atoms in total. The summed E-state index contributed by atoms with van der Waals surface area (Å²) in [4.78, 5) is 1.97. The maximum absolute atomic E-state index is 13.2. The molecule has 0 aromatic heterocycles. The third kappa shape index (κ3) is 3.44. The number of alkyl halides is 3. The fourth-order valence-electron chi connectivity index (χ4n) is 4.04. The molecule has 1 fully saturated rings. The number of piperazine rings is 1. The minimum absolute atomic E-state index is 0.601. The number of hydrogen-bond donors (Lipinski definition) is 1. The number of nitrogens with zero attached hydrogens (tertiary/aromatic N) is 1. The first-order valence-electron chi connectivity index (χ1n) is 8.74. The summed E-state index contributed by atoms with van der Waals surface area (Å²) in [5, 5.41) is 3.21. The van der Waals surface area contributed by atoms with Gasteiger partial charge in [0.15, 0.2) is 0 Å². The van der Waals surface area contributed by atoms with E-state index in [0.717, 1.165) is 36.2 Å². The highest BCUT2D eigenvalue weighted by atomic mass is 19.4. The highest BCUT2D eigenvalue weighted by Crippen LogP contribution is 2.40. The first kappa shape index (κ1) is 16.6. The van der Waals surface area contributed by atoms with Crippen LogP contribution in [0.5, 0.6) is 0 Å². The summed E-state index contributed by atoms with van der Waals surface area (Å²) in [6, 6.07) is 13.5.